The van der Waals surface area contributed by atoms with E-state index in [1.807, 2.05) is 6.07 Å². The van der Waals surface area contributed by atoms with Crippen molar-refractivity contribution in [2.75, 3.05) is 33.3 Å². The lowest BCUT2D eigenvalue weighted by molar-refractivity contribution is 0.151. The van der Waals surface area contributed by atoms with Crippen molar-refractivity contribution >= 4 is 24.8 Å². The molecule has 1 atom stereocenters. The molecule has 1 aliphatic heterocycles. The predicted octanol–water partition coefficient (Wildman–Crippen LogP) is 3.24. The van der Waals surface area contributed by atoms with Crippen LogP contribution in [-0.4, -0.2) is 43.3 Å². The van der Waals surface area contributed by atoms with Crippen molar-refractivity contribution in [3.63, 3.8) is 0 Å². The SMILES string of the molecule is COc1cc(O)ccc1[C@@H](CC(C)C)N1CCNCC1.Cl.Cl. The number of nitrogens with one attached hydrogen (secondary N) is 1. The molecule has 0 aromatic heterocycles. The van der Waals surface area contributed by atoms with Gasteiger partial charge < -0.3 is 15.2 Å². The van der Waals surface area contributed by atoms with E-state index < -0.39 is 0 Å². The Bertz CT molecular complexity index is 438. The molecule has 1 fully saturated rings. The van der Waals surface area contributed by atoms with Crippen LogP contribution >= 0.6 is 24.8 Å². The van der Waals surface area contributed by atoms with Gasteiger partial charge in [-0.3, -0.25) is 4.90 Å². The number of halogens is 2. The number of methoxy groups -OCH3 is 1. The van der Waals surface area contributed by atoms with E-state index in [4.69, 9.17) is 4.74 Å². The number of aromatic hydroxyl groups is 1. The fourth-order valence-electron chi connectivity index (χ4n) is 2.89. The molecule has 6 heteroatoms. The van der Waals surface area contributed by atoms with Crippen LogP contribution in [0.5, 0.6) is 11.5 Å². The van der Waals surface area contributed by atoms with Crippen LogP contribution in [-0.2, 0) is 0 Å². The van der Waals surface area contributed by atoms with Gasteiger partial charge in [0.2, 0.25) is 0 Å². The Hall–Kier alpha value is -0.680. The first kappa shape index (κ1) is 21.3. The molecule has 0 unspecified atom stereocenters. The molecule has 1 aromatic carbocycles. The summed E-state index contributed by atoms with van der Waals surface area (Å²) in [4.78, 5) is 2.52. The number of phenols is 1. The van der Waals surface area contributed by atoms with Gasteiger partial charge in [0.25, 0.3) is 0 Å². The standard InChI is InChI=1S/C16H26N2O2.2ClH/c1-12(2)10-15(18-8-6-17-7-9-18)14-5-4-13(19)11-16(14)20-3;;/h4-5,11-12,15,17,19H,6-10H2,1-3H3;2*1H/t15-;;/m1../s1. The average molecular weight is 351 g/mol. The second-order valence-electron chi connectivity index (χ2n) is 5.86. The molecule has 2 N–H and O–H groups in total. The van der Waals surface area contributed by atoms with E-state index in [-0.39, 0.29) is 30.6 Å². The van der Waals surface area contributed by atoms with E-state index in [9.17, 15) is 5.11 Å². The molecule has 0 amide bonds. The smallest absolute Gasteiger partial charge is 0.127 e. The van der Waals surface area contributed by atoms with Crippen molar-refractivity contribution < 1.29 is 9.84 Å². The largest absolute Gasteiger partial charge is 0.508 e. The van der Waals surface area contributed by atoms with Crippen LogP contribution in [0.25, 0.3) is 0 Å². The fourth-order valence-corrected chi connectivity index (χ4v) is 2.89. The number of phenolic OH excluding ortho intramolecular Hbond substituents is 1. The molecule has 128 valence electrons. The second-order valence-corrected chi connectivity index (χ2v) is 5.86. The highest BCUT2D eigenvalue weighted by Gasteiger charge is 2.25. The minimum Gasteiger partial charge on any atom is -0.508 e. The van der Waals surface area contributed by atoms with E-state index in [2.05, 4.69) is 24.1 Å². The lowest BCUT2D eigenvalue weighted by Gasteiger charge is -2.36. The molecular formula is C16H28Cl2N2O2. The highest BCUT2D eigenvalue weighted by Crippen LogP contribution is 2.36. The van der Waals surface area contributed by atoms with Crippen LogP contribution in [0.3, 0.4) is 0 Å². The monoisotopic (exact) mass is 350 g/mol. The molecule has 1 heterocycles. The van der Waals surface area contributed by atoms with Crippen LogP contribution in [0.15, 0.2) is 18.2 Å². The van der Waals surface area contributed by atoms with E-state index in [1.165, 1.54) is 5.56 Å². The van der Waals surface area contributed by atoms with Crippen LogP contribution in [0.4, 0.5) is 0 Å². The Balaban J connectivity index is 0.00000220. The summed E-state index contributed by atoms with van der Waals surface area (Å²) >= 11 is 0. The Morgan fingerprint density at radius 3 is 2.41 bits per heavy atom. The number of hydrogen-bond acceptors (Lipinski definition) is 4. The minimum atomic E-state index is 0. The van der Waals surface area contributed by atoms with Gasteiger partial charge in [0.1, 0.15) is 11.5 Å². The molecule has 0 bridgehead atoms. The van der Waals surface area contributed by atoms with E-state index in [0.717, 1.165) is 38.3 Å². The molecular weight excluding hydrogens is 323 g/mol. The zero-order chi connectivity index (χ0) is 14.5. The summed E-state index contributed by atoms with van der Waals surface area (Å²) in [5.74, 6) is 1.66. The molecule has 2 rings (SSSR count). The molecule has 4 nitrogen and oxygen atoms in total. The zero-order valence-corrected chi connectivity index (χ0v) is 15.2. The van der Waals surface area contributed by atoms with Crippen molar-refractivity contribution in [3.8, 4) is 11.5 Å². The third-order valence-corrected chi connectivity index (χ3v) is 3.86. The highest BCUT2D eigenvalue weighted by molar-refractivity contribution is 5.85. The van der Waals surface area contributed by atoms with Crippen molar-refractivity contribution in [2.45, 2.75) is 26.3 Å². The minimum absolute atomic E-state index is 0. The maximum absolute atomic E-state index is 9.64. The summed E-state index contributed by atoms with van der Waals surface area (Å²) in [7, 11) is 1.67. The Labute approximate surface area is 146 Å². The van der Waals surface area contributed by atoms with Gasteiger partial charge in [-0.1, -0.05) is 19.9 Å². The summed E-state index contributed by atoms with van der Waals surface area (Å²) in [5, 5.41) is 13.0. The number of ether oxygens (including phenoxy) is 1. The third-order valence-electron chi connectivity index (χ3n) is 3.86. The van der Waals surface area contributed by atoms with E-state index in [0.29, 0.717) is 12.0 Å². The summed E-state index contributed by atoms with van der Waals surface area (Å²) in [6.07, 6.45) is 1.10. The summed E-state index contributed by atoms with van der Waals surface area (Å²) in [6.45, 7) is 8.69. The summed E-state index contributed by atoms with van der Waals surface area (Å²) < 4.78 is 5.48. The number of hydrogen-bond donors (Lipinski definition) is 2. The lowest BCUT2D eigenvalue weighted by atomic mass is 9.94. The van der Waals surface area contributed by atoms with Gasteiger partial charge in [0.05, 0.1) is 7.11 Å². The summed E-state index contributed by atoms with van der Waals surface area (Å²) in [6, 6.07) is 5.83. The van der Waals surface area contributed by atoms with Crippen molar-refractivity contribution in [3.05, 3.63) is 23.8 Å². The van der Waals surface area contributed by atoms with Gasteiger partial charge >= 0.3 is 0 Å². The molecule has 22 heavy (non-hydrogen) atoms. The Kier molecular flexibility index (Phi) is 9.85. The number of rotatable bonds is 5. The average Bonchev–Trinajstić information content (AvgIpc) is 2.45. The molecule has 0 spiro atoms. The predicted molar refractivity (Wildman–Crippen MR) is 95.8 cm³/mol. The number of piperazine rings is 1. The normalized spacial score (nSPS) is 16.5. The van der Waals surface area contributed by atoms with Crippen LogP contribution in [0.2, 0.25) is 0 Å². The lowest BCUT2D eigenvalue weighted by Crippen LogP contribution is -2.45. The molecule has 0 saturated carbocycles. The van der Waals surface area contributed by atoms with Crippen LogP contribution in [0, 0.1) is 5.92 Å². The van der Waals surface area contributed by atoms with Gasteiger partial charge in [-0.2, -0.15) is 0 Å². The second kappa shape index (κ2) is 10.2. The van der Waals surface area contributed by atoms with Gasteiger partial charge in [0.15, 0.2) is 0 Å². The fraction of sp³-hybridized carbons (Fsp3) is 0.625. The number of benzene rings is 1. The number of nitrogens with zero attached hydrogens (tertiary/aromatic N) is 1. The first-order valence-corrected chi connectivity index (χ1v) is 7.43. The van der Waals surface area contributed by atoms with Gasteiger partial charge in [-0.15, -0.1) is 24.8 Å². The first-order valence-electron chi connectivity index (χ1n) is 7.43. The first-order chi connectivity index (χ1) is 9.61. The van der Waals surface area contributed by atoms with Crippen molar-refractivity contribution in [1.82, 2.24) is 10.2 Å². The maximum Gasteiger partial charge on any atom is 0.127 e. The van der Waals surface area contributed by atoms with Crippen molar-refractivity contribution in [2.24, 2.45) is 5.92 Å². The highest BCUT2D eigenvalue weighted by atomic mass is 35.5. The Morgan fingerprint density at radius 2 is 1.86 bits per heavy atom. The zero-order valence-electron chi connectivity index (χ0n) is 13.5. The van der Waals surface area contributed by atoms with E-state index >= 15 is 0 Å². The third kappa shape index (κ3) is 5.51. The Morgan fingerprint density at radius 1 is 1.23 bits per heavy atom. The summed E-state index contributed by atoms with van der Waals surface area (Å²) in [5.41, 5.74) is 1.18. The molecule has 0 aliphatic carbocycles. The van der Waals surface area contributed by atoms with Crippen LogP contribution in [0.1, 0.15) is 31.9 Å². The van der Waals surface area contributed by atoms with Crippen LogP contribution < -0.4 is 10.1 Å². The van der Waals surface area contributed by atoms with Crippen molar-refractivity contribution in [1.29, 1.82) is 0 Å². The van der Waals surface area contributed by atoms with Gasteiger partial charge in [-0.25, -0.2) is 0 Å². The molecule has 1 aromatic rings. The molecule has 1 saturated heterocycles. The topological polar surface area (TPSA) is 44.7 Å². The molecule has 0 radical (unpaired) electrons. The quantitative estimate of drug-likeness (QED) is 0.855. The van der Waals surface area contributed by atoms with Gasteiger partial charge in [-0.05, 0) is 18.4 Å². The molecule has 1 aliphatic rings. The van der Waals surface area contributed by atoms with Gasteiger partial charge in [0, 0.05) is 43.9 Å². The maximum atomic E-state index is 9.64. The van der Waals surface area contributed by atoms with E-state index in [1.54, 1.807) is 19.2 Å².